The molecule has 1 atom stereocenters. The number of amides is 2. The highest BCUT2D eigenvalue weighted by Crippen LogP contribution is 2.35. The maximum Gasteiger partial charge on any atom is 0.430 e. The number of sulfonamides is 1. The Morgan fingerprint density at radius 2 is 2.03 bits per heavy atom. The first-order valence-corrected chi connectivity index (χ1v) is 12.8. The number of anilines is 2. The molecule has 2 amide bonds. The van der Waals surface area contributed by atoms with Crippen LogP contribution in [0.3, 0.4) is 0 Å². The fraction of sp³-hybridized carbons (Fsp3) is 0.450. The third-order valence-electron chi connectivity index (χ3n) is 5.07. The summed E-state index contributed by atoms with van der Waals surface area (Å²) in [5.74, 6) is -1.38. The predicted molar refractivity (Wildman–Crippen MR) is 126 cm³/mol. The molecule has 1 aromatic carbocycles. The van der Waals surface area contributed by atoms with Crippen molar-refractivity contribution in [1.29, 1.82) is 0 Å². The monoisotopic (exact) mass is 534 g/mol. The van der Waals surface area contributed by atoms with Crippen molar-refractivity contribution in [2.24, 2.45) is 0 Å². The quantitative estimate of drug-likeness (QED) is 0.604. The van der Waals surface area contributed by atoms with Gasteiger partial charge in [0.15, 0.2) is 5.82 Å². The van der Waals surface area contributed by atoms with Gasteiger partial charge < -0.3 is 19.6 Å². The van der Waals surface area contributed by atoms with Crippen molar-refractivity contribution in [3.8, 4) is 0 Å². The largest absolute Gasteiger partial charge is 0.465 e. The number of benzene rings is 1. The summed E-state index contributed by atoms with van der Waals surface area (Å²) in [5.41, 5.74) is 0.494. The molecule has 1 N–H and O–H groups in total. The van der Waals surface area contributed by atoms with Gasteiger partial charge in [-0.25, -0.2) is 27.4 Å². The molecule has 14 heteroatoms. The number of hydrogen-bond donors (Lipinski definition) is 1. The molecule has 0 radical (unpaired) electrons. The number of likely N-dealkylation sites (N-methyl/N-ethyl adjacent to an activating group) is 1. The number of carboxylic acid groups (broad SMARTS) is 1. The van der Waals surface area contributed by atoms with Crippen molar-refractivity contribution < 1.29 is 32.2 Å². The van der Waals surface area contributed by atoms with Crippen LogP contribution >= 0.6 is 22.9 Å². The molecule has 186 valence electrons. The van der Waals surface area contributed by atoms with Gasteiger partial charge in [-0.3, -0.25) is 0 Å². The number of ether oxygens (including phenoxy) is 1. The second kappa shape index (κ2) is 9.55. The standard InChI is InChI=1S/C20H24ClFN4O6S2/c1-20(2,3)32-19(29)26(17-10-33-11-23-17)34(30,31)16-7-13(21)15(8-14(16)22)24(4)12-5-6-25(9-12)18(27)28/h7-8,10-12H,5-6,9H2,1-4H3,(H,27,28)/t12-/m1/s1. The van der Waals surface area contributed by atoms with Crippen LogP contribution in [0.1, 0.15) is 27.2 Å². The molecule has 10 nitrogen and oxygen atoms in total. The minimum Gasteiger partial charge on any atom is -0.465 e. The minimum atomic E-state index is -4.79. The molecule has 1 saturated heterocycles. The lowest BCUT2D eigenvalue weighted by Gasteiger charge is -2.28. The molecule has 3 rings (SSSR count). The van der Waals surface area contributed by atoms with Crippen molar-refractivity contribution in [3.05, 3.63) is 33.9 Å². The zero-order valence-electron chi connectivity index (χ0n) is 18.9. The van der Waals surface area contributed by atoms with Crippen LogP contribution in [-0.2, 0) is 14.8 Å². The molecule has 0 saturated carbocycles. The molecule has 2 aromatic rings. The lowest BCUT2D eigenvalue weighted by Crippen LogP contribution is -2.41. The van der Waals surface area contributed by atoms with Crippen LogP contribution in [0, 0.1) is 5.82 Å². The average Bonchev–Trinajstić information content (AvgIpc) is 3.39. The van der Waals surface area contributed by atoms with Gasteiger partial charge in [0.25, 0.3) is 10.0 Å². The van der Waals surface area contributed by atoms with Gasteiger partial charge in [0.2, 0.25) is 0 Å². The number of likely N-dealkylation sites (tertiary alicyclic amines) is 1. The number of carbonyl (C=O) groups is 2. The molecule has 34 heavy (non-hydrogen) atoms. The smallest absolute Gasteiger partial charge is 0.430 e. The summed E-state index contributed by atoms with van der Waals surface area (Å²) in [6.07, 6.45) is -1.80. The first kappa shape index (κ1) is 26.0. The van der Waals surface area contributed by atoms with Gasteiger partial charge in [-0.1, -0.05) is 11.6 Å². The lowest BCUT2D eigenvalue weighted by molar-refractivity contribution is 0.0608. The number of nitrogens with zero attached hydrogens (tertiary/aromatic N) is 4. The van der Waals surface area contributed by atoms with Crippen LogP contribution in [0.2, 0.25) is 5.02 Å². The van der Waals surface area contributed by atoms with Gasteiger partial charge in [-0.15, -0.1) is 15.6 Å². The van der Waals surface area contributed by atoms with Gasteiger partial charge in [0, 0.05) is 37.6 Å². The Bertz CT molecular complexity index is 1190. The second-order valence-electron chi connectivity index (χ2n) is 8.61. The average molecular weight is 535 g/mol. The molecule has 0 aliphatic carbocycles. The van der Waals surface area contributed by atoms with E-state index in [1.54, 1.807) is 32.7 Å². The Kier molecular flexibility index (Phi) is 7.29. The van der Waals surface area contributed by atoms with E-state index in [0.29, 0.717) is 17.3 Å². The number of carbonyl (C=O) groups excluding carboxylic acids is 1. The van der Waals surface area contributed by atoms with Gasteiger partial charge in [0.05, 0.1) is 16.2 Å². The lowest BCUT2D eigenvalue weighted by atomic mass is 10.2. The van der Waals surface area contributed by atoms with Gasteiger partial charge in [0.1, 0.15) is 16.3 Å². The highest BCUT2D eigenvalue weighted by molar-refractivity contribution is 7.93. The molecular formula is C20H24ClFN4O6S2. The van der Waals surface area contributed by atoms with Crippen LogP contribution in [-0.4, -0.2) is 67.4 Å². The molecule has 1 aliphatic heterocycles. The first-order valence-electron chi connectivity index (χ1n) is 10.1. The highest BCUT2D eigenvalue weighted by Gasteiger charge is 2.38. The summed E-state index contributed by atoms with van der Waals surface area (Å²) >= 11 is 7.39. The summed E-state index contributed by atoms with van der Waals surface area (Å²) in [6, 6.07) is 1.60. The van der Waals surface area contributed by atoms with E-state index in [9.17, 15) is 18.0 Å². The summed E-state index contributed by atoms with van der Waals surface area (Å²) in [7, 11) is -3.17. The summed E-state index contributed by atoms with van der Waals surface area (Å²) in [5, 5.41) is 10.4. The van der Waals surface area contributed by atoms with E-state index in [1.807, 2.05) is 0 Å². The Labute approximate surface area is 205 Å². The van der Waals surface area contributed by atoms with Crippen LogP contribution in [0.5, 0.6) is 0 Å². The van der Waals surface area contributed by atoms with Crippen molar-refractivity contribution in [1.82, 2.24) is 9.88 Å². The van der Waals surface area contributed by atoms with E-state index in [-0.39, 0.29) is 29.1 Å². The molecule has 1 fully saturated rings. The zero-order chi connectivity index (χ0) is 25.4. The normalized spacial score (nSPS) is 16.4. The Morgan fingerprint density at radius 3 is 2.56 bits per heavy atom. The Balaban J connectivity index is 1.98. The number of hydrogen-bond acceptors (Lipinski definition) is 8. The van der Waals surface area contributed by atoms with Crippen molar-refractivity contribution in [3.63, 3.8) is 0 Å². The van der Waals surface area contributed by atoms with Crippen LogP contribution < -0.4 is 9.21 Å². The molecule has 2 heterocycles. The van der Waals surface area contributed by atoms with Gasteiger partial charge in [-0.05, 0) is 33.3 Å². The number of rotatable bonds is 5. The third kappa shape index (κ3) is 5.36. The van der Waals surface area contributed by atoms with E-state index in [0.717, 1.165) is 23.5 Å². The fourth-order valence-electron chi connectivity index (χ4n) is 3.44. The maximum atomic E-state index is 15.2. The number of aromatic nitrogens is 1. The molecule has 0 bridgehead atoms. The van der Waals surface area contributed by atoms with Gasteiger partial charge >= 0.3 is 12.2 Å². The summed E-state index contributed by atoms with van der Waals surface area (Å²) in [4.78, 5) is 29.9. The number of halogens is 2. The Morgan fingerprint density at radius 1 is 1.35 bits per heavy atom. The van der Waals surface area contributed by atoms with E-state index < -0.39 is 38.5 Å². The van der Waals surface area contributed by atoms with Crippen LogP contribution in [0.25, 0.3) is 0 Å². The predicted octanol–water partition coefficient (Wildman–Crippen LogP) is 4.25. The zero-order valence-corrected chi connectivity index (χ0v) is 21.2. The van der Waals surface area contributed by atoms with Crippen molar-refractivity contribution in [2.75, 3.05) is 29.3 Å². The molecular weight excluding hydrogens is 511 g/mol. The topological polar surface area (TPSA) is 120 Å². The highest BCUT2D eigenvalue weighted by atomic mass is 35.5. The van der Waals surface area contributed by atoms with E-state index in [1.165, 1.54) is 15.8 Å². The molecule has 1 aromatic heterocycles. The number of thiazole rings is 1. The van der Waals surface area contributed by atoms with Crippen molar-refractivity contribution >= 4 is 56.7 Å². The van der Waals surface area contributed by atoms with E-state index in [2.05, 4.69) is 4.98 Å². The first-order chi connectivity index (χ1) is 15.7. The van der Waals surface area contributed by atoms with Crippen LogP contribution in [0.15, 0.2) is 27.9 Å². The minimum absolute atomic E-state index is 0.0846. The molecule has 0 spiro atoms. The van der Waals surface area contributed by atoms with E-state index in [4.69, 9.17) is 21.4 Å². The van der Waals surface area contributed by atoms with Crippen LogP contribution in [0.4, 0.5) is 25.5 Å². The van der Waals surface area contributed by atoms with Gasteiger partial charge in [-0.2, -0.15) is 0 Å². The van der Waals surface area contributed by atoms with Crippen molar-refractivity contribution in [2.45, 2.75) is 43.7 Å². The third-order valence-corrected chi connectivity index (χ3v) is 7.63. The maximum absolute atomic E-state index is 15.2. The Hall–Kier alpha value is -2.64. The van der Waals surface area contributed by atoms with E-state index >= 15 is 4.39 Å². The summed E-state index contributed by atoms with van der Waals surface area (Å²) in [6.45, 7) is 5.20. The molecule has 0 unspecified atom stereocenters. The fourth-order valence-corrected chi connectivity index (χ4v) is 5.73. The molecule has 1 aliphatic rings. The SMILES string of the molecule is CN(c1cc(F)c(S(=O)(=O)N(C(=O)OC(C)(C)C)c2cscn2)cc1Cl)[C@@H]1CCN(C(=O)O)C1. The summed E-state index contributed by atoms with van der Waals surface area (Å²) < 4.78 is 47.5. The second-order valence-corrected chi connectivity index (χ2v) is 11.5.